The Bertz CT molecular complexity index is 318. The molecule has 0 amide bonds. The molecule has 1 rings (SSSR count). The smallest absolute Gasteiger partial charge is 0.167 e. The molecule has 0 bridgehead atoms. The molecule has 0 N–H and O–H groups in total. The average molecular weight is 232 g/mol. The highest BCUT2D eigenvalue weighted by Crippen LogP contribution is 2.17. The summed E-state index contributed by atoms with van der Waals surface area (Å²) in [6.07, 6.45) is 0. The predicted molar refractivity (Wildman–Crippen MR) is 54.5 cm³/mol. The van der Waals surface area contributed by atoms with Crippen molar-refractivity contribution in [3.8, 4) is 5.75 Å². The summed E-state index contributed by atoms with van der Waals surface area (Å²) in [6, 6.07) is 3.17. The minimum Gasteiger partial charge on any atom is -0.488 e. The van der Waals surface area contributed by atoms with Crippen LogP contribution in [0, 0.1) is 11.6 Å². The van der Waals surface area contributed by atoms with Crippen molar-refractivity contribution < 1.29 is 23.0 Å². The molecule has 0 aliphatic heterocycles. The number of hydrogen-bond acceptors (Lipinski definition) is 3. The third-order valence-corrected chi connectivity index (χ3v) is 1.81. The summed E-state index contributed by atoms with van der Waals surface area (Å²) in [4.78, 5) is 0. The largest absolute Gasteiger partial charge is 0.488 e. The van der Waals surface area contributed by atoms with Crippen LogP contribution < -0.4 is 4.74 Å². The zero-order chi connectivity index (χ0) is 11.8. The van der Waals surface area contributed by atoms with Crippen LogP contribution in [0.4, 0.5) is 8.78 Å². The van der Waals surface area contributed by atoms with Gasteiger partial charge in [-0.25, -0.2) is 8.78 Å². The van der Waals surface area contributed by atoms with Gasteiger partial charge in [0.2, 0.25) is 0 Å². The Morgan fingerprint density at radius 2 is 1.81 bits per heavy atom. The highest BCUT2D eigenvalue weighted by Gasteiger charge is 2.03. The fraction of sp³-hybridized carbons (Fsp3) is 0.455. The maximum absolute atomic E-state index is 13.1. The molecule has 0 saturated heterocycles. The van der Waals surface area contributed by atoms with E-state index in [1.807, 2.05) is 0 Å². The molecular formula is C11H14F2O3. The van der Waals surface area contributed by atoms with Crippen molar-refractivity contribution in [2.24, 2.45) is 0 Å². The molecular weight excluding hydrogens is 218 g/mol. The molecule has 0 fully saturated rings. The molecule has 0 saturated carbocycles. The van der Waals surface area contributed by atoms with Crippen molar-refractivity contribution in [3.63, 3.8) is 0 Å². The van der Waals surface area contributed by atoms with Gasteiger partial charge in [-0.3, -0.25) is 0 Å². The van der Waals surface area contributed by atoms with E-state index in [2.05, 4.69) is 0 Å². The minimum atomic E-state index is -0.711. The van der Waals surface area contributed by atoms with E-state index in [9.17, 15) is 8.78 Å². The van der Waals surface area contributed by atoms with Gasteiger partial charge >= 0.3 is 0 Å². The van der Waals surface area contributed by atoms with Gasteiger partial charge < -0.3 is 14.2 Å². The predicted octanol–water partition coefficient (Wildman–Crippen LogP) is 2.01. The lowest BCUT2D eigenvalue weighted by Gasteiger charge is -2.07. The summed E-state index contributed by atoms with van der Waals surface area (Å²) in [7, 11) is 1.58. The SMILES string of the molecule is COCCOCCOc1ccc(F)cc1F. The molecule has 0 atom stereocenters. The summed E-state index contributed by atoms with van der Waals surface area (Å²) in [5.74, 6) is -1.31. The van der Waals surface area contributed by atoms with E-state index in [0.29, 0.717) is 19.8 Å². The van der Waals surface area contributed by atoms with Crippen LogP contribution in [0.3, 0.4) is 0 Å². The van der Waals surface area contributed by atoms with E-state index in [1.54, 1.807) is 7.11 Å². The lowest BCUT2D eigenvalue weighted by Crippen LogP contribution is -2.10. The van der Waals surface area contributed by atoms with Crippen molar-refractivity contribution in [1.82, 2.24) is 0 Å². The lowest BCUT2D eigenvalue weighted by molar-refractivity contribution is 0.0538. The number of halogens is 2. The highest BCUT2D eigenvalue weighted by atomic mass is 19.1. The summed E-state index contributed by atoms with van der Waals surface area (Å²) in [6.45, 7) is 1.52. The van der Waals surface area contributed by atoms with Gasteiger partial charge in [-0.2, -0.15) is 0 Å². The van der Waals surface area contributed by atoms with E-state index in [-0.39, 0.29) is 12.4 Å². The van der Waals surface area contributed by atoms with Crippen molar-refractivity contribution in [2.75, 3.05) is 33.5 Å². The third kappa shape index (κ3) is 4.55. The minimum absolute atomic E-state index is 0.0248. The summed E-state index contributed by atoms with van der Waals surface area (Å²) < 4.78 is 40.5. The first-order valence-electron chi connectivity index (χ1n) is 4.88. The molecule has 0 spiro atoms. The molecule has 0 aliphatic rings. The van der Waals surface area contributed by atoms with Gasteiger partial charge in [0.25, 0.3) is 0 Å². The van der Waals surface area contributed by atoms with Gasteiger partial charge in [0.15, 0.2) is 11.6 Å². The van der Waals surface area contributed by atoms with Gasteiger partial charge in [0, 0.05) is 13.2 Å². The Kier molecular flexibility index (Phi) is 5.74. The van der Waals surface area contributed by atoms with Crippen LogP contribution in [0.5, 0.6) is 5.75 Å². The summed E-state index contributed by atoms with van der Waals surface area (Å²) in [5.41, 5.74) is 0. The third-order valence-electron chi connectivity index (χ3n) is 1.81. The standard InChI is InChI=1S/C11H14F2O3/c1-14-4-5-15-6-7-16-11-3-2-9(12)8-10(11)13/h2-3,8H,4-7H2,1H3. The Hall–Kier alpha value is -1.20. The molecule has 16 heavy (non-hydrogen) atoms. The molecule has 5 heteroatoms. The fourth-order valence-electron chi connectivity index (χ4n) is 1.05. The second-order valence-corrected chi connectivity index (χ2v) is 3.03. The van der Waals surface area contributed by atoms with Gasteiger partial charge in [0.05, 0.1) is 19.8 Å². The number of hydrogen-bond donors (Lipinski definition) is 0. The normalized spacial score (nSPS) is 10.4. The van der Waals surface area contributed by atoms with Crippen LogP contribution in [-0.4, -0.2) is 33.5 Å². The number of methoxy groups -OCH3 is 1. The Balaban J connectivity index is 2.21. The van der Waals surface area contributed by atoms with E-state index in [4.69, 9.17) is 14.2 Å². The molecule has 1 aromatic carbocycles. The first kappa shape index (κ1) is 12.9. The van der Waals surface area contributed by atoms with Crippen LogP contribution in [0.15, 0.2) is 18.2 Å². The van der Waals surface area contributed by atoms with Gasteiger partial charge in [0.1, 0.15) is 12.4 Å². The number of rotatable bonds is 7. The average Bonchev–Trinajstić information content (AvgIpc) is 2.26. The molecule has 0 radical (unpaired) electrons. The Morgan fingerprint density at radius 1 is 1.06 bits per heavy atom. The van der Waals surface area contributed by atoms with Crippen molar-refractivity contribution in [3.05, 3.63) is 29.8 Å². The van der Waals surface area contributed by atoms with Crippen molar-refractivity contribution >= 4 is 0 Å². The first-order chi connectivity index (χ1) is 7.74. The van der Waals surface area contributed by atoms with Crippen LogP contribution in [0.1, 0.15) is 0 Å². The van der Waals surface area contributed by atoms with Crippen LogP contribution in [-0.2, 0) is 9.47 Å². The van der Waals surface area contributed by atoms with Gasteiger partial charge in [-0.05, 0) is 12.1 Å². The van der Waals surface area contributed by atoms with Crippen LogP contribution in [0.25, 0.3) is 0 Å². The zero-order valence-corrected chi connectivity index (χ0v) is 9.04. The number of benzene rings is 1. The highest BCUT2D eigenvalue weighted by molar-refractivity contribution is 5.24. The fourth-order valence-corrected chi connectivity index (χ4v) is 1.05. The number of ether oxygens (including phenoxy) is 3. The maximum atomic E-state index is 13.1. The first-order valence-corrected chi connectivity index (χ1v) is 4.88. The zero-order valence-electron chi connectivity index (χ0n) is 9.04. The van der Waals surface area contributed by atoms with Crippen LogP contribution >= 0.6 is 0 Å². The van der Waals surface area contributed by atoms with E-state index in [1.165, 1.54) is 6.07 Å². The maximum Gasteiger partial charge on any atom is 0.167 e. The quantitative estimate of drug-likeness (QED) is 0.673. The second kappa shape index (κ2) is 7.14. The van der Waals surface area contributed by atoms with Crippen molar-refractivity contribution in [2.45, 2.75) is 0 Å². The van der Waals surface area contributed by atoms with E-state index >= 15 is 0 Å². The molecule has 0 aliphatic carbocycles. The van der Waals surface area contributed by atoms with E-state index < -0.39 is 11.6 Å². The Labute approximate surface area is 92.9 Å². The molecule has 3 nitrogen and oxygen atoms in total. The Morgan fingerprint density at radius 3 is 2.50 bits per heavy atom. The molecule has 0 aromatic heterocycles. The molecule has 1 aromatic rings. The van der Waals surface area contributed by atoms with Gasteiger partial charge in [-0.15, -0.1) is 0 Å². The molecule has 0 unspecified atom stereocenters. The summed E-state index contributed by atoms with van der Waals surface area (Å²) >= 11 is 0. The summed E-state index contributed by atoms with van der Waals surface area (Å²) in [5, 5.41) is 0. The van der Waals surface area contributed by atoms with Crippen LogP contribution in [0.2, 0.25) is 0 Å². The van der Waals surface area contributed by atoms with Crippen molar-refractivity contribution in [1.29, 1.82) is 0 Å². The lowest BCUT2D eigenvalue weighted by atomic mass is 10.3. The molecule has 90 valence electrons. The topological polar surface area (TPSA) is 27.7 Å². The monoisotopic (exact) mass is 232 g/mol. The van der Waals surface area contributed by atoms with Gasteiger partial charge in [-0.1, -0.05) is 0 Å². The van der Waals surface area contributed by atoms with E-state index in [0.717, 1.165) is 12.1 Å². The molecule has 0 heterocycles. The second-order valence-electron chi connectivity index (χ2n) is 3.03.